The van der Waals surface area contributed by atoms with Gasteiger partial charge in [-0.15, -0.1) is 0 Å². The maximum absolute atomic E-state index is 12.3. The molecule has 15 heteroatoms. The van der Waals surface area contributed by atoms with Crippen molar-refractivity contribution in [3.63, 3.8) is 0 Å². The first-order chi connectivity index (χ1) is 43.2. The first-order valence-corrected chi connectivity index (χ1v) is 38.7. The predicted molar refractivity (Wildman–Crippen MR) is 424 cm³/mol. The van der Waals surface area contributed by atoms with Crippen LogP contribution < -0.4 is 0 Å². The fourth-order valence-corrected chi connectivity index (χ4v) is 13.0. The lowest BCUT2D eigenvalue weighted by Gasteiger charge is -2.47. The highest BCUT2D eigenvalue weighted by Crippen LogP contribution is 2.33. The number of amides is 3. The van der Waals surface area contributed by atoms with E-state index in [1.807, 2.05) is 35.5 Å². The van der Waals surface area contributed by atoms with Crippen molar-refractivity contribution in [3.05, 3.63) is 0 Å². The van der Waals surface area contributed by atoms with Gasteiger partial charge in [0.2, 0.25) is 17.7 Å². The van der Waals surface area contributed by atoms with E-state index >= 15 is 0 Å². The molecule has 0 atom stereocenters. The van der Waals surface area contributed by atoms with E-state index in [-0.39, 0.29) is 50.1 Å². The molecule has 0 radical (unpaired) electrons. The second-order valence-electron chi connectivity index (χ2n) is 40.1. The Kier molecular flexibility index (Phi) is 41.1. The number of hydrogen-bond donors (Lipinski definition) is 0. The van der Waals surface area contributed by atoms with Crippen LogP contribution in [-0.4, -0.2) is 239 Å². The van der Waals surface area contributed by atoms with Crippen LogP contribution in [-0.2, 0) is 14.4 Å². The van der Waals surface area contributed by atoms with Gasteiger partial charge in [0.05, 0.1) is 13.1 Å². The summed E-state index contributed by atoms with van der Waals surface area (Å²) in [5.41, 5.74) is 2.47. The molecule has 0 aliphatic carbocycles. The van der Waals surface area contributed by atoms with E-state index in [1.165, 1.54) is 136 Å². The van der Waals surface area contributed by atoms with E-state index < -0.39 is 5.92 Å². The smallest absolute Gasteiger partial charge is 0.272 e. The molecule has 0 aromatic carbocycles. The van der Waals surface area contributed by atoms with Gasteiger partial charge in [0.25, 0.3) is 5.92 Å². The molecule has 3 amide bonds. The minimum absolute atomic E-state index is 0. The van der Waals surface area contributed by atoms with Crippen molar-refractivity contribution in [1.82, 2.24) is 49.0 Å². The van der Waals surface area contributed by atoms with Gasteiger partial charge in [0.1, 0.15) is 0 Å². The summed E-state index contributed by atoms with van der Waals surface area (Å²) in [5, 5.41) is 0. The van der Waals surface area contributed by atoms with Gasteiger partial charge in [-0.25, -0.2) is 8.78 Å². The topological polar surface area (TPSA) is 83.4 Å². The molecule has 10 rings (SSSR count). The second kappa shape index (κ2) is 41.0. The standard InChI is InChI=1S/2C10H21N.C9H19N.2C8H15NO.2C8H17N.C7H13F2N.C7H13NO.C6H13N.2CH4/c2*1-9-5-7-11(8-6-9)10(2,3)4;1-9(2,3)10-7-5-4-6-8-10;2*1-8(2,3)9-6-4-5-7(9)10;1-7-5-9(6-7)8(2,3)4;1-8(2,3)9-6-4-5-7-9;1-6(2,3)10-4-7(8,9)5-10;1-7(2,3)8-5-4-6(8)9;1-6(2,3)7-4-5-7;;/h2*9H,5-8H2,1-4H3;4-8H2,1-3H3;2*4-6H2,1-3H3;7H,5-6H2,1-4H3;4-7H2,1-3H3;4-5H2,1-3H3;4-5H2,1-3H3;4-5H2,1-3H3;2*1H4. The van der Waals surface area contributed by atoms with Crippen LogP contribution in [0.25, 0.3) is 0 Å². The van der Waals surface area contributed by atoms with Gasteiger partial charge >= 0.3 is 0 Å². The molecule has 10 aliphatic rings. The van der Waals surface area contributed by atoms with Crippen molar-refractivity contribution in [1.29, 1.82) is 0 Å². The fraction of sp³-hybridized carbons (Fsp3) is 0.964. The monoisotopic (exact) mass is 1400 g/mol. The number of β-lactam (4-membered cyclic amide) rings is 1. The third kappa shape index (κ3) is 39.8. The molecule has 0 saturated carbocycles. The quantitative estimate of drug-likeness (QED) is 0.173. The molecule has 10 aliphatic heterocycles. The zero-order valence-corrected chi connectivity index (χ0v) is 70.1. The summed E-state index contributed by atoms with van der Waals surface area (Å²) in [5.74, 6) is 1.33. The summed E-state index contributed by atoms with van der Waals surface area (Å²) in [4.78, 5) is 55.9. The minimum Gasteiger partial charge on any atom is -0.338 e. The molecule has 98 heavy (non-hydrogen) atoms. The van der Waals surface area contributed by atoms with Crippen LogP contribution >= 0.6 is 0 Å². The lowest BCUT2D eigenvalue weighted by Crippen LogP contribution is -2.62. The first kappa shape index (κ1) is 98.0. The molecule has 0 unspecified atom stereocenters. The third-order valence-corrected chi connectivity index (χ3v) is 20.5. The van der Waals surface area contributed by atoms with Crippen LogP contribution in [0.2, 0.25) is 0 Å². The van der Waals surface area contributed by atoms with E-state index in [0.717, 1.165) is 69.5 Å². The number of piperidine rings is 3. The molecular formula is C83H172F2N10O3. The Labute approximate surface area is 610 Å². The van der Waals surface area contributed by atoms with Gasteiger partial charge in [-0.1, -0.05) is 42.0 Å². The predicted octanol–water partition coefficient (Wildman–Crippen LogP) is 18.9. The highest BCUT2D eigenvalue weighted by molar-refractivity contribution is 5.82. The minimum atomic E-state index is -2.42. The molecule has 0 aromatic heterocycles. The average molecular weight is 1400 g/mol. The Hall–Kier alpha value is -2.01. The maximum atomic E-state index is 12.3. The van der Waals surface area contributed by atoms with Gasteiger partial charge in [0.15, 0.2) is 0 Å². The van der Waals surface area contributed by atoms with Gasteiger partial charge in [-0.05, 0) is 342 Å². The highest BCUT2D eigenvalue weighted by atomic mass is 19.3. The summed E-state index contributed by atoms with van der Waals surface area (Å²) in [6, 6.07) is 0. The van der Waals surface area contributed by atoms with Gasteiger partial charge in [0, 0.05) is 120 Å². The SMILES string of the molecule is C.C.CC(C)(C)N1CC(F)(F)C1.CC(C)(C)N1CC1.CC(C)(C)N1CCC1=O.CC(C)(C)N1CCCC1.CC(C)(C)N1CCCC1=O.CC(C)(C)N1CCCC1=O.CC(C)(C)N1CCCCC1.CC1CCN(C(C)(C)C)CC1.CC1CCN(C(C)(C)C)CC1.CC1CN(C(C)(C)C)C1. The van der Waals surface area contributed by atoms with Crippen molar-refractivity contribution >= 4 is 17.7 Å². The molecule has 586 valence electrons. The number of carbonyl (C=O) groups excluding carboxylic acids is 3. The molecule has 10 saturated heterocycles. The number of halogens is 2. The van der Waals surface area contributed by atoms with Crippen molar-refractivity contribution < 1.29 is 23.2 Å². The van der Waals surface area contributed by atoms with E-state index in [1.54, 1.807) is 4.90 Å². The second-order valence-corrected chi connectivity index (χ2v) is 40.1. The Morgan fingerprint density at radius 3 is 0.622 bits per heavy atom. The van der Waals surface area contributed by atoms with Crippen LogP contribution in [0.3, 0.4) is 0 Å². The molecule has 0 spiro atoms. The van der Waals surface area contributed by atoms with Crippen LogP contribution in [0.15, 0.2) is 0 Å². The van der Waals surface area contributed by atoms with Crippen molar-refractivity contribution in [3.8, 4) is 0 Å². The Bertz CT molecular complexity index is 2090. The molecule has 13 nitrogen and oxygen atoms in total. The summed E-state index contributed by atoms with van der Waals surface area (Å²) in [6.07, 6.45) is 16.9. The Morgan fingerprint density at radius 1 is 0.265 bits per heavy atom. The Morgan fingerprint density at radius 2 is 0.500 bits per heavy atom. The van der Waals surface area contributed by atoms with Crippen molar-refractivity contribution in [2.24, 2.45) is 17.8 Å². The van der Waals surface area contributed by atoms with E-state index in [0.29, 0.717) is 51.0 Å². The van der Waals surface area contributed by atoms with E-state index in [4.69, 9.17) is 0 Å². The van der Waals surface area contributed by atoms with Gasteiger partial charge in [-0.2, -0.15) is 0 Å². The zero-order chi connectivity index (χ0) is 74.7. The highest BCUT2D eigenvalue weighted by Gasteiger charge is 2.48. The van der Waals surface area contributed by atoms with Crippen LogP contribution in [0, 0.1) is 17.8 Å². The van der Waals surface area contributed by atoms with Crippen molar-refractivity contribution in [2.75, 3.05) is 111 Å². The molecule has 10 heterocycles. The molecule has 0 aromatic rings. The summed E-state index contributed by atoms with van der Waals surface area (Å²) in [6.45, 7) is 91.1. The summed E-state index contributed by atoms with van der Waals surface area (Å²) < 4.78 is 24.6. The molecular weight excluding hydrogens is 1220 g/mol. The molecule has 0 N–H and O–H groups in total. The number of likely N-dealkylation sites (tertiary alicyclic amines) is 9. The third-order valence-electron chi connectivity index (χ3n) is 20.5. The summed E-state index contributed by atoms with van der Waals surface area (Å²) >= 11 is 0. The first-order valence-electron chi connectivity index (χ1n) is 38.7. The fourth-order valence-electron chi connectivity index (χ4n) is 13.0. The van der Waals surface area contributed by atoms with Crippen LogP contribution in [0.4, 0.5) is 8.78 Å². The average Bonchev–Trinajstić information content (AvgIpc) is 1.32. The van der Waals surface area contributed by atoms with E-state index in [9.17, 15) is 23.2 Å². The molecule has 10 fully saturated rings. The van der Waals surface area contributed by atoms with E-state index in [2.05, 4.69) is 237 Å². The normalized spacial score (nSPS) is 22.3. The molecule has 0 bridgehead atoms. The largest absolute Gasteiger partial charge is 0.338 e. The van der Waals surface area contributed by atoms with Crippen LogP contribution in [0.1, 0.15) is 333 Å². The zero-order valence-electron chi connectivity index (χ0n) is 70.1. The maximum Gasteiger partial charge on any atom is 0.272 e. The van der Waals surface area contributed by atoms with Crippen LogP contribution in [0.5, 0.6) is 0 Å². The summed E-state index contributed by atoms with van der Waals surface area (Å²) in [7, 11) is 0. The lowest BCUT2D eigenvalue weighted by atomic mass is 9.94. The Balaban J connectivity index is 0. The van der Waals surface area contributed by atoms with Gasteiger partial charge < -0.3 is 14.7 Å². The number of alkyl halides is 2. The lowest BCUT2D eigenvalue weighted by molar-refractivity contribution is -0.160. The number of hydrogen-bond acceptors (Lipinski definition) is 10. The number of carbonyl (C=O) groups is 3. The van der Waals surface area contributed by atoms with Gasteiger partial charge in [-0.3, -0.25) is 48.7 Å². The van der Waals surface area contributed by atoms with Crippen molar-refractivity contribution in [2.45, 2.75) is 395 Å². The number of nitrogens with zero attached hydrogens (tertiary/aromatic N) is 10. The number of rotatable bonds is 0.